The molecule has 3 aliphatic rings. The molecular weight excluding hydrogens is 512 g/mol. The highest BCUT2D eigenvalue weighted by atomic mass is 32.2. The molecule has 4 heterocycles. The fraction of sp³-hybridized carbons (Fsp3) is 0.312. The summed E-state index contributed by atoms with van der Waals surface area (Å²) < 4.78 is -0.747. The van der Waals surface area contributed by atoms with E-state index in [0.29, 0.717) is 5.75 Å². The number of carbonyl (C=O) groups excluding carboxylic acids is 2. The number of β-lactam (4-membered cyclic amide) rings is 1. The van der Waals surface area contributed by atoms with Crippen LogP contribution in [0, 0.1) is 0 Å². The Hall–Kier alpha value is -2.57. The number of nitrogens with two attached hydrogens (primary N) is 3. The second-order valence-electron chi connectivity index (χ2n) is 6.80. The molecule has 2 amide bonds. The summed E-state index contributed by atoms with van der Waals surface area (Å²) in [4.78, 5) is 44.2. The van der Waals surface area contributed by atoms with Crippen molar-refractivity contribution in [1.82, 2.24) is 15.1 Å². The number of oxime groups is 1. The van der Waals surface area contributed by atoms with E-state index in [2.05, 4.69) is 15.4 Å². The molecule has 1 aromatic heterocycles. The second kappa shape index (κ2) is 8.65. The third-order valence-corrected chi connectivity index (χ3v) is 8.68. The van der Waals surface area contributed by atoms with Gasteiger partial charge in [0.25, 0.3) is 10.9 Å². The summed E-state index contributed by atoms with van der Waals surface area (Å²) in [5, 5.41) is 22.4. The molecule has 33 heavy (non-hydrogen) atoms. The molecule has 0 aliphatic carbocycles. The summed E-state index contributed by atoms with van der Waals surface area (Å²) in [5.41, 5.74) is 16.4. The van der Waals surface area contributed by atoms with Crippen LogP contribution in [0.3, 0.4) is 0 Å². The van der Waals surface area contributed by atoms with E-state index < -0.39 is 39.2 Å². The zero-order chi connectivity index (χ0) is 24.1. The van der Waals surface area contributed by atoms with Crippen LogP contribution in [0.2, 0.25) is 0 Å². The highest BCUT2D eigenvalue weighted by molar-refractivity contribution is 8.03. The van der Waals surface area contributed by atoms with Crippen LogP contribution < -0.4 is 17.2 Å². The topological polar surface area (TPSA) is 200 Å². The summed E-state index contributed by atoms with van der Waals surface area (Å²) in [7, 11) is 1.25. The molecule has 1 saturated heterocycles. The van der Waals surface area contributed by atoms with Crippen molar-refractivity contribution in [2.75, 3.05) is 18.6 Å². The van der Waals surface area contributed by atoms with Crippen molar-refractivity contribution in [3.8, 4) is 0 Å². The number of hydrogen-bond donors (Lipinski definition) is 4. The number of carboxylic acids is 1. The van der Waals surface area contributed by atoms with Crippen molar-refractivity contribution in [2.45, 2.75) is 16.9 Å². The first-order valence-electron chi connectivity index (χ1n) is 9.09. The predicted molar refractivity (Wildman–Crippen MR) is 126 cm³/mol. The number of hydrogen-bond acceptors (Lipinski definition) is 14. The first kappa shape index (κ1) is 23.6. The first-order chi connectivity index (χ1) is 15.7. The van der Waals surface area contributed by atoms with E-state index in [4.69, 9.17) is 34.3 Å². The maximum Gasteiger partial charge on any atom is 0.391 e. The van der Waals surface area contributed by atoms with E-state index >= 15 is 0 Å². The Balaban J connectivity index is 1.80. The number of primary amides is 1. The fourth-order valence-electron chi connectivity index (χ4n) is 3.90. The number of carboxylic acid groups (broad SMARTS) is 1. The molecular formula is C16H17N8O5S4+. The first-order valence-corrected chi connectivity index (χ1v) is 12.3. The van der Waals surface area contributed by atoms with Gasteiger partial charge in [-0.25, -0.2) is 9.59 Å². The van der Waals surface area contributed by atoms with Crippen molar-refractivity contribution in [2.24, 2.45) is 16.6 Å². The number of rotatable bonds is 6. The standard InChI is InChI=1S/C16H16N8O5S4/c1-29-22-7(9(17)25)5-4-32-16(19)23(5)8-11(26)24(12(30)10-20-21-15(18)33-10)6(14(27)28)2-3-31-13(8)24/h2,4,8,13,16H,3,19H2,1H3,(H4-,17,18,21,25,27,28,30)/p+1/t8-,13+,16?,24?/m1/s1. The molecule has 174 valence electrons. The average Bonchev–Trinajstić information content (AvgIpc) is 3.36. The minimum atomic E-state index is -1.29. The Labute approximate surface area is 204 Å². The molecule has 0 radical (unpaired) electrons. The van der Waals surface area contributed by atoms with Crippen LogP contribution in [-0.4, -0.2) is 82.9 Å². The third-order valence-electron chi connectivity index (χ3n) is 5.17. The van der Waals surface area contributed by atoms with E-state index in [1.54, 1.807) is 5.41 Å². The predicted octanol–water partition coefficient (Wildman–Crippen LogP) is -0.817. The lowest BCUT2D eigenvalue weighted by molar-refractivity contribution is -0.765. The summed E-state index contributed by atoms with van der Waals surface area (Å²) in [5.74, 6) is -2.40. The zero-order valence-electron chi connectivity index (χ0n) is 16.8. The number of thiocarbonyl (C=S) groups is 1. The van der Waals surface area contributed by atoms with E-state index in [9.17, 15) is 19.5 Å². The molecule has 4 rings (SSSR count). The summed E-state index contributed by atoms with van der Waals surface area (Å²) >= 11 is 9.02. The van der Waals surface area contributed by atoms with Gasteiger partial charge in [0, 0.05) is 11.2 Å². The van der Waals surface area contributed by atoms with Crippen LogP contribution in [0.15, 0.2) is 28.0 Å². The molecule has 17 heteroatoms. The number of nitrogen functional groups attached to an aromatic ring is 1. The van der Waals surface area contributed by atoms with Crippen LogP contribution >= 0.6 is 47.1 Å². The quantitative estimate of drug-likeness (QED) is 0.117. The Kier molecular flexibility index (Phi) is 6.18. The van der Waals surface area contributed by atoms with Gasteiger partial charge < -0.3 is 32.0 Å². The number of carbonyl (C=O) groups is 3. The number of quaternary nitrogens is 1. The monoisotopic (exact) mass is 529 g/mol. The lowest BCUT2D eigenvalue weighted by atomic mass is 9.95. The lowest BCUT2D eigenvalue weighted by Gasteiger charge is -2.55. The van der Waals surface area contributed by atoms with E-state index in [1.165, 1.54) is 29.8 Å². The van der Waals surface area contributed by atoms with Crippen molar-refractivity contribution in [3.05, 3.63) is 27.9 Å². The van der Waals surface area contributed by atoms with Gasteiger partial charge >= 0.3 is 11.9 Å². The van der Waals surface area contributed by atoms with Crippen LogP contribution in [0.1, 0.15) is 5.01 Å². The van der Waals surface area contributed by atoms with Crippen molar-refractivity contribution < 1.29 is 28.8 Å². The number of amides is 2. The number of nitrogens with zero attached hydrogens (tertiary/aromatic N) is 5. The minimum Gasteiger partial charge on any atom is -0.474 e. The average molecular weight is 530 g/mol. The van der Waals surface area contributed by atoms with Crippen LogP contribution in [-0.2, 0) is 19.2 Å². The Morgan fingerprint density at radius 1 is 1.42 bits per heavy atom. The molecule has 7 N–H and O–H groups in total. The Morgan fingerprint density at radius 2 is 2.15 bits per heavy atom. The largest absolute Gasteiger partial charge is 0.474 e. The second-order valence-corrected chi connectivity index (χ2v) is 10.3. The summed E-state index contributed by atoms with van der Waals surface area (Å²) in [6.07, 6.45) is 1.45. The van der Waals surface area contributed by atoms with Crippen LogP contribution in [0.5, 0.6) is 0 Å². The molecule has 0 saturated carbocycles. The number of aromatic nitrogens is 2. The normalized spacial score (nSPS) is 29.0. The molecule has 2 unspecified atom stereocenters. The molecule has 13 nitrogen and oxygen atoms in total. The van der Waals surface area contributed by atoms with Crippen molar-refractivity contribution in [1.29, 1.82) is 0 Å². The highest BCUT2D eigenvalue weighted by Crippen LogP contribution is 2.52. The molecule has 4 atom stereocenters. The van der Waals surface area contributed by atoms with Crippen molar-refractivity contribution >= 4 is 80.7 Å². The Morgan fingerprint density at radius 3 is 2.73 bits per heavy atom. The van der Waals surface area contributed by atoms with Gasteiger partial charge in [0.05, 0.1) is 5.70 Å². The van der Waals surface area contributed by atoms with Crippen LogP contribution in [0.4, 0.5) is 5.13 Å². The van der Waals surface area contributed by atoms with E-state index in [-0.39, 0.29) is 32.2 Å². The lowest BCUT2D eigenvalue weighted by Crippen LogP contribution is -2.83. The molecule has 3 aliphatic heterocycles. The van der Waals surface area contributed by atoms with Gasteiger partial charge in [-0.2, -0.15) is 4.48 Å². The molecule has 0 bridgehead atoms. The number of fused-ring (bicyclic) bond motifs is 1. The van der Waals surface area contributed by atoms with Gasteiger partial charge in [-0.3, -0.25) is 4.79 Å². The molecule has 0 spiro atoms. The number of aliphatic carboxylic acids is 1. The van der Waals surface area contributed by atoms with E-state index in [1.807, 2.05) is 0 Å². The van der Waals surface area contributed by atoms with Gasteiger partial charge in [0.15, 0.2) is 11.1 Å². The van der Waals surface area contributed by atoms with Gasteiger partial charge in [0.1, 0.15) is 12.6 Å². The highest BCUT2D eigenvalue weighted by Gasteiger charge is 2.74. The van der Waals surface area contributed by atoms with Gasteiger partial charge in [0.2, 0.25) is 21.9 Å². The number of anilines is 1. The number of thioether (sulfide) groups is 2. The maximum absolute atomic E-state index is 13.9. The fourth-order valence-corrected chi connectivity index (χ4v) is 7.33. The maximum atomic E-state index is 13.9. The van der Waals surface area contributed by atoms with Gasteiger partial charge in [-0.1, -0.05) is 40.0 Å². The summed E-state index contributed by atoms with van der Waals surface area (Å²) in [6.45, 7) is 0. The molecule has 0 aromatic carbocycles. The summed E-state index contributed by atoms with van der Waals surface area (Å²) in [6, 6.07) is -0.932. The molecule has 1 fully saturated rings. The zero-order valence-corrected chi connectivity index (χ0v) is 20.0. The Bertz CT molecular complexity index is 1170. The molecule has 1 aromatic rings. The van der Waals surface area contributed by atoms with Gasteiger partial charge in [-0.05, 0) is 18.3 Å². The van der Waals surface area contributed by atoms with E-state index in [0.717, 1.165) is 23.1 Å². The third kappa shape index (κ3) is 3.42. The smallest absolute Gasteiger partial charge is 0.391 e. The minimum absolute atomic E-state index is 0.0251. The van der Waals surface area contributed by atoms with Crippen molar-refractivity contribution in [3.63, 3.8) is 0 Å². The van der Waals surface area contributed by atoms with Gasteiger partial charge in [-0.15, -0.1) is 10.2 Å². The SMILES string of the molecule is CON=C(C(N)=O)C1=CSC(N)N1[C@@H]1C(=O)[N+]2(C(=S)c3nnc(N)s3)C(C(=O)O)=CCS[C@@H]12. The van der Waals surface area contributed by atoms with Crippen LogP contribution in [0.25, 0.3) is 0 Å².